The second-order valence-corrected chi connectivity index (χ2v) is 2.52. The first-order chi connectivity index (χ1) is 4.75. The predicted octanol–water partition coefficient (Wildman–Crippen LogP) is -0.189. The van der Waals surface area contributed by atoms with Gasteiger partial charge in [-0.2, -0.15) is 5.10 Å². The topological polar surface area (TPSA) is 56.3 Å². The highest BCUT2D eigenvalue weighted by Crippen LogP contribution is 2.08. The second kappa shape index (κ2) is 2.84. The summed E-state index contributed by atoms with van der Waals surface area (Å²) in [7, 11) is 0. The number of H-pyrrole nitrogens is 1. The van der Waals surface area contributed by atoms with Crippen molar-refractivity contribution in [3.05, 3.63) is 17.0 Å². The molecule has 0 atom stereocenters. The van der Waals surface area contributed by atoms with Crippen LogP contribution < -0.4 is 5.73 Å². The van der Waals surface area contributed by atoms with Crippen molar-refractivity contribution in [3.63, 3.8) is 0 Å². The van der Waals surface area contributed by atoms with Crippen molar-refractivity contribution in [2.24, 2.45) is 0 Å². The Morgan fingerprint density at radius 3 is 2.60 bits per heavy atom. The monoisotopic (exact) mass is 140 g/mol. The van der Waals surface area contributed by atoms with Gasteiger partial charge in [0.25, 0.3) is 0 Å². The summed E-state index contributed by atoms with van der Waals surface area (Å²) in [5.41, 5.74) is 7.42. The van der Waals surface area contributed by atoms with E-state index in [-0.39, 0.29) is 0 Å². The first kappa shape index (κ1) is 7.28. The van der Waals surface area contributed by atoms with Crippen LogP contribution in [0.2, 0.25) is 0 Å². The zero-order valence-electron chi connectivity index (χ0n) is 6.57. The molecule has 0 fully saturated rings. The Kier molecular flexibility index (Phi) is 2.06. The first-order valence-electron chi connectivity index (χ1n) is 3.55. The van der Waals surface area contributed by atoms with E-state index in [1.54, 1.807) is 0 Å². The Balaban J connectivity index is 2.87. The fraction of sp³-hybridized carbons (Fsp3) is 0.571. The average molecular weight is 140 g/mol. The lowest BCUT2D eigenvalue weighted by Gasteiger charge is -1.93. The van der Waals surface area contributed by atoms with Crippen LogP contribution in [0.5, 0.6) is 0 Å². The first-order valence-corrected chi connectivity index (χ1v) is 3.55. The number of quaternary nitrogens is 1. The molecule has 4 N–H and O–H groups in total. The van der Waals surface area contributed by atoms with Gasteiger partial charge in [-0.3, -0.25) is 5.10 Å². The standard InChI is InChI=1S/C7H13N3/c1-5-7(3-4-8)6(2)10-9-5/h3-4,8H2,1-2H3,(H,9,10)/p+1. The minimum Gasteiger partial charge on any atom is -0.357 e. The molecular formula is C7H14N3+. The van der Waals surface area contributed by atoms with Gasteiger partial charge >= 0.3 is 0 Å². The highest BCUT2D eigenvalue weighted by molar-refractivity contribution is 5.22. The highest BCUT2D eigenvalue weighted by Gasteiger charge is 2.04. The van der Waals surface area contributed by atoms with Crippen molar-refractivity contribution in [1.82, 2.24) is 10.2 Å². The third-order valence-corrected chi connectivity index (χ3v) is 1.71. The maximum Gasteiger partial charge on any atom is 0.0782 e. The van der Waals surface area contributed by atoms with Gasteiger partial charge in [0.05, 0.1) is 12.2 Å². The normalized spacial score (nSPS) is 10.3. The molecule has 0 bridgehead atoms. The predicted molar refractivity (Wildman–Crippen MR) is 39.5 cm³/mol. The molecule has 0 amide bonds. The molecule has 10 heavy (non-hydrogen) atoms. The second-order valence-electron chi connectivity index (χ2n) is 2.52. The zero-order valence-corrected chi connectivity index (χ0v) is 6.57. The van der Waals surface area contributed by atoms with Crippen molar-refractivity contribution in [2.45, 2.75) is 20.3 Å². The molecule has 1 heterocycles. The number of aryl methyl sites for hydroxylation is 2. The SMILES string of the molecule is Cc1n[nH]c(C)c1CC[NH3+]. The summed E-state index contributed by atoms with van der Waals surface area (Å²) in [6, 6.07) is 0. The fourth-order valence-electron chi connectivity index (χ4n) is 1.12. The van der Waals surface area contributed by atoms with Gasteiger partial charge in [0.15, 0.2) is 0 Å². The molecule has 0 radical (unpaired) electrons. The molecule has 0 saturated carbocycles. The smallest absolute Gasteiger partial charge is 0.0782 e. The third-order valence-electron chi connectivity index (χ3n) is 1.71. The van der Waals surface area contributed by atoms with E-state index in [9.17, 15) is 0 Å². The summed E-state index contributed by atoms with van der Waals surface area (Å²) >= 11 is 0. The molecule has 56 valence electrons. The minimum absolute atomic E-state index is 0.946. The molecule has 0 aromatic carbocycles. The molecule has 1 rings (SSSR count). The van der Waals surface area contributed by atoms with E-state index in [2.05, 4.69) is 15.9 Å². The number of hydrogen-bond donors (Lipinski definition) is 2. The number of hydrogen-bond acceptors (Lipinski definition) is 1. The summed E-state index contributed by atoms with van der Waals surface area (Å²) in [5, 5.41) is 7.03. The van der Waals surface area contributed by atoms with Gasteiger partial charge in [0.2, 0.25) is 0 Å². The lowest BCUT2D eigenvalue weighted by molar-refractivity contribution is -0.366. The van der Waals surface area contributed by atoms with Crippen LogP contribution in [0.25, 0.3) is 0 Å². The van der Waals surface area contributed by atoms with Crippen LogP contribution >= 0.6 is 0 Å². The molecule has 0 aliphatic carbocycles. The minimum atomic E-state index is 0.946. The van der Waals surface area contributed by atoms with E-state index in [1.165, 1.54) is 11.3 Å². The maximum atomic E-state index is 4.08. The quantitative estimate of drug-likeness (QED) is 0.588. The van der Waals surface area contributed by atoms with E-state index < -0.39 is 0 Å². The van der Waals surface area contributed by atoms with Gasteiger partial charge in [-0.05, 0) is 13.8 Å². The Labute approximate surface area is 60.6 Å². The van der Waals surface area contributed by atoms with Crippen LogP contribution in [0.1, 0.15) is 17.0 Å². The number of nitrogens with one attached hydrogen (secondary N) is 1. The van der Waals surface area contributed by atoms with Crippen molar-refractivity contribution in [3.8, 4) is 0 Å². The molecule has 3 nitrogen and oxygen atoms in total. The fourth-order valence-corrected chi connectivity index (χ4v) is 1.12. The van der Waals surface area contributed by atoms with Crippen LogP contribution in [0.3, 0.4) is 0 Å². The van der Waals surface area contributed by atoms with Gasteiger partial charge in [-0.25, -0.2) is 0 Å². The van der Waals surface area contributed by atoms with Gasteiger partial charge in [-0.1, -0.05) is 0 Å². The summed E-state index contributed by atoms with van der Waals surface area (Å²) < 4.78 is 0. The van der Waals surface area contributed by atoms with Gasteiger partial charge in [0.1, 0.15) is 0 Å². The van der Waals surface area contributed by atoms with E-state index in [0.29, 0.717) is 0 Å². The summed E-state index contributed by atoms with van der Waals surface area (Å²) in [6.45, 7) is 5.01. The molecule has 1 aromatic rings. The molecule has 0 unspecified atom stereocenters. The van der Waals surface area contributed by atoms with Gasteiger partial charge < -0.3 is 5.73 Å². The molecule has 0 saturated heterocycles. The summed E-state index contributed by atoms with van der Waals surface area (Å²) in [4.78, 5) is 0. The summed E-state index contributed by atoms with van der Waals surface area (Å²) in [5.74, 6) is 0. The van der Waals surface area contributed by atoms with E-state index in [1.807, 2.05) is 13.8 Å². The van der Waals surface area contributed by atoms with Gasteiger partial charge in [0, 0.05) is 17.7 Å². The third kappa shape index (κ3) is 1.19. The molecular weight excluding hydrogens is 126 g/mol. The lowest BCUT2D eigenvalue weighted by Crippen LogP contribution is -2.51. The van der Waals surface area contributed by atoms with Crippen LogP contribution in [-0.2, 0) is 6.42 Å². The summed E-state index contributed by atoms with van der Waals surface area (Å²) in [6.07, 6.45) is 1.04. The Hall–Kier alpha value is -0.830. The van der Waals surface area contributed by atoms with Crippen LogP contribution in [0.4, 0.5) is 0 Å². The molecule has 0 spiro atoms. The Morgan fingerprint density at radius 2 is 2.20 bits per heavy atom. The van der Waals surface area contributed by atoms with Gasteiger partial charge in [-0.15, -0.1) is 0 Å². The highest BCUT2D eigenvalue weighted by atomic mass is 15.1. The number of aromatic amines is 1. The van der Waals surface area contributed by atoms with E-state index in [4.69, 9.17) is 0 Å². The average Bonchev–Trinajstić information content (AvgIpc) is 2.20. The Morgan fingerprint density at radius 1 is 1.50 bits per heavy atom. The number of rotatable bonds is 2. The number of aromatic nitrogens is 2. The van der Waals surface area contributed by atoms with Crippen LogP contribution in [0.15, 0.2) is 0 Å². The zero-order chi connectivity index (χ0) is 7.56. The van der Waals surface area contributed by atoms with Crippen LogP contribution in [-0.4, -0.2) is 16.7 Å². The largest absolute Gasteiger partial charge is 0.357 e. The van der Waals surface area contributed by atoms with Crippen molar-refractivity contribution >= 4 is 0 Å². The molecule has 3 heteroatoms. The van der Waals surface area contributed by atoms with Crippen molar-refractivity contribution in [1.29, 1.82) is 0 Å². The maximum absolute atomic E-state index is 4.08. The van der Waals surface area contributed by atoms with Crippen molar-refractivity contribution in [2.75, 3.05) is 6.54 Å². The van der Waals surface area contributed by atoms with E-state index >= 15 is 0 Å². The molecule has 0 aliphatic heterocycles. The lowest BCUT2D eigenvalue weighted by atomic mass is 10.1. The van der Waals surface area contributed by atoms with E-state index in [0.717, 1.165) is 18.7 Å². The Bertz CT molecular complexity index is 195. The number of nitrogens with zero attached hydrogens (tertiary/aromatic N) is 1. The van der Waals surface area contributed by atoms with Crippen molar-refractivity contribution < 1.29 is 5.73 Å². The molecule has 0 aliphatic rings. The molecule has 1 aromatic heterocycles. The van der Waals surface area contributed by atoms with Crippen LogP contribution in [0, 0.1) is 13.8 Å².